The van der Waals surface area contributed by atoms with Crippen molar-refractivity contribution in [1.82, 2.24) is 10.2 Å². The van der Waals surface area contributed by atoms with Gasteiger partial charge < -0.3 is 21.1 Å². The van der Waals surface area contributed by atoms with Crippen LogP contribution in [0.1, 0.15) is 61.9 Å². The monoisotopic (exact) mass is 530 g/mol. The van der Waals surface area contributed by atoms with E-state index in [1.54, 1.807) is 45.0 Å². The summed E-state index contributed by atoms with van der Waals surface area (Å²) in [7, 11) is 0. The fourth-order valence-corrected chi connectivity index (χ4v) is 3.89. The molecular weight excluding hydrogens is 496 g/mol. The molecule has 0 aliphatic rings. The van der Waals surface area contributed by atoms with Crippen LogP contribution in [-0.2, 0) is 19.1 Å². The Labute approximate surface area is 229 Å². The van der Waals surface area contributed by atoms with Crippen LogP contribution in [0.2, 0.25) is 0 Å². The van der Waals surface area contributed by atoms with Gasteiger partial charge in [-0.3, -0.25) is 19.3 Å². The van der Waals surface area contributed by atoms with Gasteiger partial charge in [-0.2, -0.15) is 0 Å². The molecule has 0 heterocycles. The lowest BCUT2D eigenvalue weighted by atomic mass is 9.97. The van der Waals surface area contributed by atoms with Gasteiger partial charge in [0.05, 0.1) is 0 Å². The average Bonchev–Trinajstić information content (AvgIpc) is 2.85. The number of terminal acetylenes is 2. The molecule has 39 heavy (non-hydrogen) atoms. The Hall–Kier alpha value is -4.76. The van der Waals surface area contributed by atoms with Gasteiger partial charge in [0.15, 0.2) is 6.04 Å². The number of alkyl carbamates (subject to hydrolysis) is 1. The van der Waals surface area contributed by atoms with E-state index in [1.807, 2.05) is 32.0 Å². The molecule has 0 bridgehead atoms. The van der Waals surface area contributed by atoms with Crippen molar-refractivity contribution in [3.8, 4) is 24.8 Å². The summed E-state index contributed by atoms with van der Waals surface area (Å²) >= 11 is 0. The molecule has 0 spiro atoms. The number of ether oxygens (including phenoxy) is 1. The van der Waals surface area contributed by atoms with E-state index >= 15 is 0 Å². The van der Waals surface area contributed by atoms with Crippen LogP contribution in [0.3, 0.4) is 0 Å². The van der Waals surface area contributed by atoms with Gasteiger partial charge in [-0.1, -0.05) is 48.7 Å². The Morgan fingerprint density at radius 2 is 1.64 bits per heavy atom. The second-order valence-electron chi connectivity index (χ2n) is 9.93. The van der Waals surface area contributed by atoms with Crippen molar-refractivity contribution in [3.05, 3.63) is 64.7 Å². The second kappa shape index (κ2) is 13.2. The maximum Gasteiger partial charge on any atom is 0.408 e. The van der Waals surface area contributed by atoms with Crippen LogP contribution in [0.15, 0.2) is 42.5 Å². The lowest BCUT2D eigenvalue weighted by molar-refractivity contribution is -0.137. The highest BCUT2D eigenvalue weighted by atomic mass is 16.6. The first-order chi connectivity index (χ1) is 18.3. The van der Waals surface area contributed by atoms with E-state index in [4.69, 9.17) is 23.3 Å². The molecule has 2 atom stereocenters. The lowest BCUT2D eigenvalue weighted by Gasteiger charge is -2.31. The number of amides is 4. The molecule has 4 N–H and O–H groups in total. The van der Waals surface area contributed by atoms with E-state index in [0.717, 1.165) is 16.0 Å². The maximum absolute atomic E-state index is 13.8. The van der Waals surface area contributed by atoms with E-state index in [2.05, 4.69) is 22.6 Å². The van der Waals surface area contributed by atoms with Crippen LogP contribution in [0, 0.1) is 38.7 Å². The Balaban J connectivity index is 2.57. The number of para-hydroxylation sites is 1. The minimum atomic E-state index is -1.37. The van der Waals surface area contributed by atoms with E-state index in [9.17, 15) is 19.2 Å². The predicted molar refractivity (Wildman–Crippen MR) is 149 cm³/mol. The Morgan fingerprint density at radius 3 is 2.18 bits per heavy atom. The minimum absolute atomic E-state index is 0.173. The third-order valence-electron chi connectivity index (χ3n) is 5.69. The van der Waals surface area contributed by atoms with Gasteiger partial charge in [-0.25, -0.2) is 4.79 Å². The van der Waals surface area contributed by atoms with Gasteiger partial charge >= 0.3 is 6.09 Å². The molecule has 0 fully saturated rings. The number of benzene rings is 2. The molecule has 2 aromatic rings. The van der Waals surface area contributed by atoms with Gasteiger partial charge in [0.2, 0.25) is 5.91 Å². The van der Waals surface area contributed by atoms with E-state index < -0.39 is 41.5 Å². The zero-order chi connectivity index (χ0) is 29.3. The van der Waals surface area contributed by atoms with Gasteiger partial charge in [-0.15, -0.1) is 6.42 Å². The topological polar surface area (TPSA) is 131 Å². The number of primary amides is 1. The van der Waals surface area contributed by atoms with Crippen molar-refractivity contribution in [2.24, 2.45) is 5.73 Å². The van der Waals surface area contributed by atoms with Crippen molar-refractivity contribution in [1.29, 1.82) is 0 Å². The summed E-state index contributed by atoms with van der Waals surface area (Å²) in [5, 5.41) is 5.33. The zero-order valence-corrected chi connectivity index (χ0v) is 22.8. The zero-order valence-electron chi connectivity index (χ0n) is 22.8. The quantitative estimate of drug-likeness (QED) is 0.337. The summed E-state index contributed by atoms with van der Waals surface area (Å²) in [4.78, 5) is 52.6. The molecule has 204 valence electrons. The Kier molecular flexibility index (Phi) is 10.3. The molecular formula is C30H34N4O5. The van der Waals surface area contributed by atoms with E-state index in [0.29, 0.717) is 16.8 Å². The van der Waals surface area contributed by atoms with Crippen LogP contribution in [0.4, 0.5) is 10.5 Å². The number of hydrogen-bond acceptors (Lipinski definition) is 5. The van der Waals surface area contributed by atoms with Crippen molar-refractivity contribution in [2.45, 2.75) is 65.1 Å². The summed E-state index contributed by atoms with van der Waals surface area (Å²) in [6, 6.07) is 11.7. The number of aryl methyl sites for hydroxylation is 2. The van der Waals surface area contributed by atoms with Gasteiger partial charge in [0.25, 0.3) is 11.8 Å². The van der Waals surface area contributed by atoms with Gasteiger partial charge in [-0.05, 0) is 58.2 Å². The summed E-state index contributed by atoms with van der Waals surface area (Å²) in [5.41, 5.74) is 7.27. The molecule has 2 rings (SSSR count). The number of nitrogens with zero attached hydrogens (tertiary/aromatic N) is 1. The smallest absolute Gasteiger partial charge is 0.408 e. The highest BCUT2D eigenvalue weighted by Gasteiger charge is 2.37. The highest BCUT2D eigenvalue weighted by molar-refractivity contribution is 6.00. The Bertz CT molecular complexity index is 1310. The number of rotatable bonds is 9. The van der Waals surface area contributed by atoms with Crippen LogP contribution in [0.25, 0.3) is 0 Å². The van der Waals surface area contributed by atoms with E-state index in [1.165, 1.54) is 0 Å². The fraction of sp³-hybridized carbons (Fsp3) is 0.333. The molecule has 0 radical (unpaired) electrons. The third-order valence-corrected chi connectivity index (χ3v) is 5.69. The molecule has 0 saturated heterocycles. The molecule has 0 aromatic heterocycles. The predicted octanol–water partition coefficient (Wildman–Crippen LogP) is 3.54. The van der Waals surface area contributed by atoms with Crippen LogP contribution in [-0.4, -0.2) is 40.4 Å². The van der Waals surface area contributed by atoms with E-state index in [-0.39, 0.29) is 12.8 Å². The summed E-state index contributed by atoms with van der Waals surface area (Å²) in [6.07, 6.45) is 10.2. The maximum atomic E-state index is 13.8. The average molecular weight is 531 g/mol. The number of carbonyl (C=O) groups excluding carboxylic acids is 4. The first-order valence-corrected chi connectivity index (χ1v) is 12.3. The number of nitrogens with one attached hydrogen (secondary N) is 2. The summed E-state index contributed by atoms with van der Waals surface area (Å²) in [6.45, 7) is 8.64. The molecule has 2 unspecified atom stereocenters. The van der Waals surface area contributed by atoms with Crippen molar-refractivity contribution < 1.29 is 23.9 Å². The van der Waals surface area contributed by atoms with Gasteiger partial charge in [0, 0.05) is 29.3 Å². The normalized spacial score (nSPS) is 12.2. The second-order valence-corrected chi connectivity index (χ2v) is 9.93. The molecule has 4 amide bonds. The SMILES string of the molecule is C#Cc1ccccc1C(C(=O)Nc1c(C)cccc1C)N(C#C)C(=O)C(CCC(N)=O)NC(=O)OC(C)(C)C. The number of hydrogen-bond donors (Lipinski definition) is 3. The Morgan fingerprint density at radius 1 is 1.03 bits per heavy atom. The molecule has 2 aromatic carbocycles. The van der Waals surface area contributed by atoms with Crippen molar-refractivity contribution in [2.75, 3.05) is 5.32 Å². The minimum Gasteiger partial charge on any atom is -0.444 e. The molecule has 0 saturated carbocycles. The third kappa shape index (κ3) is 8.37. The van der Waals surface area contributed by atoms with Gasteiger partial charge in [0.1, 0.15) is 11.6 Å². The first kappa shape index (κ1) is 30.5. The van der Waals surface area contributed by atoms with Crippen LogP contribution >= 0.6 is 0 Å². The number of carbonyl (C=O) groups is 4. The largest absolute Gasteiger partial charge is 0.444 e. The summed E-state index contributed by atoms with van der Waals surface area (Å²) in [5.74, 6) is 0.399. The van der Waals surface area contributed by atoms with Crippen molar-refractivity contribution in [3.63, 3.8) is 0 Å². The number of nitrogens with two attached hydrogens (primary N) is 1. The first-order valence-electron chi connectivity index (χ1n) is 12.3. The standard InChI is InChI=1S/C30H34N4O5/c1-8-21-15-10-11-16-22(21)26(27(36)33-25-19(3)13-12-14-20(25)4)34(9-2)28(37)23(17-18-24(31)35)32-29(38)39-30(5,6)7/h1-2,10-16,23,26H,17-18H2,3-7H3,(H2,31,35)(H,32,38)(H,33,36). The molecule has 9 nitrogen and oxygen atoms in total. The number of anilines is 1. The molecule has 9 heteroatoms. The fourth-order valence-electron chi connectivity index (χ4n) is 3.89. The van der Waals surface area contributed by atoms with Crippen LogP contribution in [0.5, 0.6) is 0 Å². The molecule has 0 aliphatic carbocycles. The summed E-state index contributed by atoms with van der Waals surface area (Å²) < 4.78 is 5.28. The van der Waals surface area contributed by atoms with Crippen LogP contribution < -0.4 is 16.4 Å². The molecule has 0 aliphatic heterocycles. The highest BCUT2D eigenvalue weighted by Crippen LogP contribution is 2.28. The lowest BCUT2D eigenvalue weighted by Crippen LogP contribution is -2.51. The van der Waals surface area contributed by atoms with Crippen molar-refractivity contribution >= 4 is 29.5 Å².